The summed E-state index contributed by atoms with van der Waals surface area (Å²) in [6.07, 6.45) is 3.91. The van der Waals surface area contributed by atoms with Crippen molar-refractivity contribution in [2.24, 2.45) is 83.0 Å². The minimum atomic E-state index is -1.39. The van der Waals surface area contributed by atoms with Crippen LogP contribution in [0.5, 0.6) is 0 Å². The second-order valence-electron chi connectivity index (χ2n) is 20.6. The Labute approximate surface area is 518 Å². The number of nitrogens with one attached hydrogen (secondary N) is 10. The molecule has 0 saturated heterocycles. The summed E-state index contributed by atoms with van der Waals surface area (Å²) in [5.41, 5.74) is 60.6. The fraction of sp³-hybridized carbons (Fsp3) is 0.712. The average Bonchev–Trinajstić information content (AvgIpc) is 3.68. The van der Waals surface area contributed by atoms with Crippen LogP contribution in [0, 0.1) is 0 Å². The molecule has 89 heavy (non-hydrogen) atoms. The molecule has 37 heteroatoms. The third-order valence-corrected chi connectivity index (χ3v) is 12.9. The van der Waals surface area contributed by atoms with Crippen molar-refractivity contribution >= 4 is 88.9 Å². The molecule has 0 radical (unpaired) electrons. The van der Waals surface area contributed by atoms with Gasteiger partial charge in [0.25, 0.3) is 0 Å². The summed E-state index contributed by atoms with van der Waals surface area (Å²) in [6.45, 7) is 0.792. The van der Waals surface area contributed by atoms with Crippen LogP contribution in [-0.4, -0.2) is 202 Å². The van der Waals surface area contributed by atoms with Crippen LogP contribution in [0.2, 0.25) is 0 Å². The largest absolute Gasteiger partial charge is 0.480 e. The predicted octanol–water partition coefficient (Wildman–Crippen LogP) is -8.79. The number of nitrogens with zero attached hydrogens (tertiary/aromatic N) is 4. The second kappa shape index (κ2) is 48.2. The van der Waals surface area contributed by atoms with Crippen LogP contribution < -0.4 is 116 Å². The molecule has 0 heterocycles. The number of aliphatic imine (C=N–C) groups is 4. The molecule has 0 bridgehead atoms. The van der Waals surface area contributed by atoms with E-state index in [1.165, 1.54) is 0 Å². The van der Waals surface area contributed by atoms with Gasteiger partial charge in [-0.2, -0.15) is 0 Å². The van der Waals surface area contributed by atoms with Crippen molar-refractivity contribution in [2.75, 3.05) is 65.4 Å². The van der Waals surface area contributed by atoms with Crippen molar-refractivity contribution in [3.05, 3.63) is 0 Å². The number of aliphatic carboxylic acids is 1. The first-order valence-electron chi connectivity index (χ1n) is 29.7. The standard InChI is InChI=1S/C52H101N25O12/c1-2-13-38(78)71-31(17-9-24-64-49(56)57)42(82)70-30-41(81)73-33(18-10-25-65-50(58)59)44(84)74-32(14-3-6-21-53)43(83)69-28-39(79)68-29-40(80)72-34(19-11-26-66-51(60)61)45(85)76-36(20-12-27-67-52(62)63)46(86)75-35(15-4-7-22-54)47(87)77-37(48(88)89)16-5-8-23-55/h31-37H,2-30,53-55H2,1H3,(H,68,79)(H,69,83)(H,70,82)(H,71,78)(H,72,80)(H,73,81)(H,74,84)(H,75,86)(H,76,85)(H,77,87)(H,88,89)(H4,56,57,64)(H4,58,59,65)(H4,60,61,66)(H4,62,63,67)/t31-,32-,33-,34-,35-,36-,37-/m0/s1. The van der Waals surface area contributed by atoms with E-state index in [2.05, 4.69) is 73.1 Å². The Morgan fingerprint density at radius 2 is 0.584 bits per heavy atom. The van der Waals surface area contributed by atoms with Gasteiger partial charge in [0.1, 0.15) is 42.3 Å². The topological polar surface area (TPSA) is 664 Å². The second-order valence-corrected chi connectivity index (χ2v) is 20.6. The van der Waals surface area contributed by atoms with Gasteiger partial charge in [-0.3, -0.25) is 67.9 Å². The van der Waals surface area contributed by atoms with Crippen molar-refractivity contribution in [3.8, 4) is 0 Å². The summed E-state index contributed by atoms with van der Waals surface area (Å²) in [7, 11) is 0. The van der Waals surface area contributed by atoms with Crippen molar-refractivity contribution < 1.29 is 57.8 Å². The van der Waals surface area contributed by atoms with Crippen LogP contribution in [0.4, 0.5) is 0 Å². The molecule has 0 aliphatic rings. The highest BCUT2D eigenvalue weighted by Gasteiger charge is 2.32. The molecule has 0 spiro atoms. The molecule has 0 fully saturated rings. The van der Waals surface area contributed by atoms with Crippen LogP contribution in [0.25, 0.3) is 0 Å². The zero-order valence-corrected chi connectivity index (χ0v) is 51.1. The number of unbranched alkanes of at least 4 members (excludes halogenated alkanes) is 3. The molecule has 7 atom stereocenters. The number of carbonyl (C=O) groups excluding carboxylic acids is 10. The molecule has 506 valence electrons. The van der Waals surface area contributed by atoms with Gasteiger partial charge in [0.15, 0.2) is 23.8 Å². The lowest BCUT2D eigenvalue weighted by atomic mass is 10.0. The van der Waals surface area contributed by atoms with Gasteiger partial charge in [0.2, 0.25) is 59.1 Å². The van der Waals surface area contributed by atoms with E-state index in [0.717, 1.165) is 0 Å². The summed E-state index contributed by atoms with van der Waals surface area (Å²) in [5, 5.41) is 35.0. The molecule has 0 unspecified atom stereocenters. The van der Waals surface area contributed by atoms with Crippen LogP contribution in [-0.2, 0) is 52.7 Å². The molecular formula is C52H101N25O12. The Morgan fingerprint density at radius 1 is 0.326 bits per heavy atom. The van der Waals surface area contributed by atoms with Crippen LogP contribution in [0.15, 0.2) is 20.0 Å². The van der Waals surface area contributed by atoms with Crippen molar-refractivity contribution in [1.82, 2.24) is 53.2 Å². The minimum absolute atomic E-state index is 0.0136. The van der Waals surface area contributed by atoms with Gasteiger partial charge in [-0.05, 0) is 135 Å². The molecule has 0 aliphatic carbocycles. The number of carbonyl (C=O) groups is 11. The van der Waals surface area contributed by atoms with E-state index in [9.17, 15) is 57.8 Å². The highest BCUT2D eigenvalue weighted by Crippen LogP contribution is 2.10. The smallest absolute Gasteiger partial charge is 0.326 e. The normalized spacial score (nSPS) is 13.0. The first-order valence-corrected chi connectivity index (χ1v) is 29.7. The first kappa shape index (κ1) is 80.1. The molecule has 0 aromatic carbocycles. The van der Waals surface area contributed by atoms with Crippen LogP contribution >= 0.6 is 0 Å². The van der Waals surface area contributed by atoms with E-state index >= 15 is 0 Å². The summed E-state index contributed by atoms with van der Waals surface area (Å²) < 4.78 is 0. The molecular weight excluding hydrogens is 1170 g/mol. The van der Waals surface area contributed by atoms with Crippen molar-refractivity contribution in [1.29, 1.82) is 0 Å². The third kappa shape index (κ3) is 40.3. The summed E-state index contributed by atoms with van der Waals surface area (Å²) in [6, 6.07) is -8.96. The Morgan fingerprint density at radius 3 is 0.899 bits per heavy atom. The summed E-state index contributed by atoms with van der Waals surface area (Å²) in [5.74, 6) is -9.99. The molecule has 10 amide bonds. The fourth-order valence-corrected chi connectivity index (χ4v) is 8.26. The van der Waals surface area contributed by atoms with Gasteiger partial charge in [-0.1, -0.05) is 6.92 Å². The number of carboxylic acid groups (broad SMARTS) is 1. The molecule has 0 aromatic rings. The number of nitrogens with two attached hydrogens (primary N) is 11. The highest BCUT2D eigenvalue weighted by atomic mass is 16.4. The summed E-state index contributed by atoms with van der Waals surface area (Å²) >= 11 is 0. The van der Waals surface area contributed by atoms with E-state index in [4.69, 9.17) is 63.1 Å². The third-order valence-electron chi connectivity index (χ3n) is 12.9. The van der Waals surface area contributed by atoms with E-state index in [-0.39, 0.29) is 134 Å². The van der Waals surface area contributed by atoms with Crippen LogP contribution in [0.1, 0.15) is 129 Å². The molecule has 0 aromatic heterocycles. The van der Waals surface area contributed by atoms with Gasteiger partial charge in [0, 0.05) is 32.6 Å². The minimum Gasteiger partial charge on any atom is -0.480 e. The SMILES string of the molecule is CCCC(=O)N[C@@H](CCCN=C(N)N)C(=O)NCC(=O)N[C@@H](CCCN=C(N)N)C(=O)N[C@@H](CCCCN)C(=O)NCC(=O)NCC(=O)N[C@@H](CCCN=C(N)N)C(=O)N[C@@H](CCCN=C(N)N)C(=O)N[C@@H](CCCCN)C(=O)N[C@@H](CCCCN)C(=O)O. The van der Waals surface area contributed by atoms with Gasteiger partial charge in [-0.25, -0.2) is 4.79 Å². The number of hydrogen-bond acceptors (Lipinski definition) is 18. The first-order chi connectivity index (χ1) is 42.3. The number of carboxylic acids is 1. The van der Waals surface area contributed by atoms with Gasteiger partial charge in [-0.15, -0.1) is 0 Å². The van der Waals surface area contributed by atoms with Gasteiger partial charge in [0.05, 0.1) is 19.6 Å². The van der Waals surface area contributed by atoms with Gasteiger partial charge < -0.3 is 121 Å². The zero-order chi connectivity index (χ0) is 67.1. The Bertz CT molecular complexity index is 2340. The van der Waals surface area contributed by atoms with E-state index in [1.807, 2.05) is 0 Å². The Hall–Kier alpha value is -8.87. The monoisotopic (exact) mass is 1270 g/mol. The van der Waals surface area contributed by atoms with Crippen molar-refractivity contribution in [2.45, 2.75) is 171 Å². The number of rotatable bonds is 50. The van der Waals surface area contributed by atoms with Crippen molar-refractivity contribution in [3.63, 3.8) is 0 Å². The lowest BCUT2D eigenvalue weighted by Gasteiger charge is -2.26. The highest BCUT2D eigenvalue weighted by molar-refractivity contribution is 5.97. The zero-order valence-electron chi connectivity index (χ0n) is 51.1. The number of amides is 10. The van der Waals surface area contributed by atoms with Gasteiger partial charge >= 0.3 is 5.97 Å². The average molecular weight is 1270 g/mol. The molecule has 0 rings (SSSR count). The fourth-order valence-electron chi connectivity index (χ4n) is 8.26. The maximum atomic E-state index is 14.1. The molecule has 33 N–H and O–H groups in total. The molecule has 0 saturated carbocycles. The maximum absolute atomic E-state index is 14.1. The number of guanidine groups is 4. The Kier molecular flexibility index (Phi) is 43.4. The lowest BCUT2D eigenvalue weighted by Crippen LogP contribution is -2.58. The maximum Gasteiger partial charge on any atom is 0.326 e. The molecule has 0 aliphatic heterocycles. The van der Waals surface area contributed by atoms with E-state index in [0.29, 0.717) is 57.9 Å². The van der Waals surface area contributed by atoms with E-state index in [1.54, 1.807) is 6.92 Å². The van der Waals surface area contributed by atoms with E-state index < -0.39 is 127 Å². The van der Waals surface area contributed by atoms with Crippen LogP contribution in [0.3, 0.4) is 0 Å². The Balaban J connectivity index is 6.39. The summed E-state index contributed by atoms with van der Waals surface area (Å²) in [4.78, 5) is 162. The predicted molar refractivity (Wildman–Crippen MR) is 333 cm³/mol. The molecule has 37 nitrogen and oxygen atoms in total. The quantitative estimate of drug-likeness (QED) is 0.0153. The number of hydrogen-bond donors (Lipinski definition) is 22. The lowest BCUT2D eigenvalue weighted by molar-refractivity contribution is -0.142.